The predicted octanol–water partition coefficient (Wildman–Crippen LogP) is 1.88. The van der Waals surface area contributed by atoms with E-state index < -0.39 is 5.54 Å². The van der Waals surface area contributed by atoms with Gasteiger partial charge < -0.3 is 14.8 Å². The van der Waals surface area contributed by atoms with Crippen molar-refractivity contribution in [2.45, 2.75) is 63.7 Å². The van der Waals surface area contributed by atoms with Crippen LogP contribution in [0.3, 0.4) is 0 Å². The first kappa shape index (κ1) is 14.5. The number of rotatable bonds is 3. The third-order valence-electron chi connectivity index (χ3n) is 3.36. The predicted molar refractivity (Wildman–Crippen MR) is 66.9 cm³/mol. The fourth-order valence-corrected chi connectivity index (χ4v) is 2.45. The van der Waals surface area contributed by atoms with Crippen molar-refractivity contribution < 1.29 is 14.3 Å². The van der Waals surface area contributed by atoms with Gasteiger partial charge in [-0.3, -0.25) is 4.79 Å². The standard InChI is InChI=1S/C13H25NO3/c1-12(2,3)17-10-6-8-13(14-4,9-7-10)11(15)16-5/h10,14H,6-9H2,1-5H3. The van der Waals surface area contributed by atoms with Crippen LogP contribution in [0.4, 0.5) is 0 Å². The number of hydrogen-bond acceptors (Lipinski definition) is 4. The van der Waals surface area contributed by atoms with E-state index in [0.29, 0.717) is 0 Å². The Balaban J connectivity index is 2.57. The largest absolute Gasteiger partial charge is 0.468 e. The summed E-state index contributed by atoms with van der Waals surface area (Å²) in [6, 6.07) is 0. The first-order chi connectivity index (χ1) is 7.83. The van der Waals surface area contributed by atoms with Gasteiger partial charge in [-0.2, -0.15) is 0 Å². The van der Waals surface area contributed by atoms with Crippen LogP contribution in [0.1, 0.15) is 46.5 Å². The monoisotopic (exact) mass is 243 g/mol. The number of carbonyl (C=O) groups is 1. The number of likely N-dealkylation sites (N-methyl/N-ethyl adjacent to an activating group) is 1. The first-order valence-electron chi connectivity index (χ1n) is 6.28. The molecule has 0 aromatic carbocycles. The van der Waals surface area contributed by atoms with Crippen LogP contribution in [0.5, 0.6) is 0 Å². The normalized spacial score (nSPS) is 30.1. The molecule has 17 heavy (non-hydrogen) atoms. The fourth-order valence-electron chi connectivity index (χ4n) is 2.45. The average Bonchev–Trinajstić information content (AvgIpc) is 2.27. The molecule has 1 rings (SSSR count). The first-order valence-corrected chi connectivity index (χ1v) is 6.28. The van der Waals surface area contributed by atoms with E-state index in [9.17, 15) is 4.79 Å². The Labute approximate surface area is 104 Å². The second-order valence-electron chi connectivity index (χ2n) is 5.75. The molecule has 0 unspecified atom stereocenters. The highest BCUT2D eigenvalue weighted by Gasteiger charge is 2.42. The third kappa shape index (κ3) is 3.68. The molecule has 0 bridgehead atoms. The van der Waals surface area contributed by atoms with Gasteiger partial charge in [-0.05, 0) is 53.5 Å². The Morgan fingerprint density at radius 3 is 2.18 bits per heavy atom. The van der Waals surface area contributed by atoms with Crippen molar-refractivity contribution >= 4 is 5.97 Å². The van der Waals surface area contributed by atoms with E-state index >= 15 is 0 Å². The Morgan fingerprint density at radius 2 is 1.82 bits per heavy atom. The van der Waals surface area contributed by atoms with Crippen LogP contribution >= 0.6 is 0 Å². The molecule has 1 aliphatic rings. The number of ether oxygens (including phenoxy) is 2. The van der Waals surface area contributed by atoms with E-state index in [1.807, 2.05) is 7.05 Å². The number of esters is 1. The minimum atomic E-state index is -0.507. The molecule has 1 saturated carbocycles. The van der Waals surface area contributed by atoms with Crippen molar-refractivity contribution in [1.29, 1.82) is 0 Å². The molecule has 0 aliphatic heterocycles. The summed E-state index contributed by atoms with van der Waals surface area (Å²) in [7, 11) is 3.26. The van der Waals surface area contributed by atoms with Gasteiger partial charge in [0.2, 0.25) is 0 Å². The molecule has 0 atom stereocenters. The SMILES string of the molecule is CNC1(C(=O)OC)CCC(OC(C)(C)C)CC1. The summed E-state index contributed by atoms with van der Waals surface area (Å²) >= 11 is 0. The number of nitrogens with one attached hydrogen (secondary N) is 1. The molecule has 1 N–H and O–H groups in total. The second kappa shape index (κ2) is 5.36. The molecule has 0 radical (unpaired) electrons. The molecule has 1 aliphatic carbocycles. The lowest BCUT2D eigenvalue weighted by molar-refractivity contribution is -0.152. The highest BCUT2D eigenvalue weighted by atomic mass is 16.5. The molecule has 100 valence electrons. The maximum Gasteiger partial charge on any atom is 0.326 e. The lowest BCUT2D eigenvalue weighted by atomic mass is 9.80. The zero-order valence-electron chi connectivity index (χ0n) is 11.6. The van der Waals surface area contributed by atoms with Crippen LogP contribution < -0.4 is 5.32 Å². The fraction of sp³-hybridized carbons (Fsp3) is 0.923. The smallest absolute Gasteiger partial charge is 0.326 e. The Morgan fingerprint density at radius 1 is 1.29 bits per heavy atom. The lowest BCUT2D eigenvalue weighted by Gasteiger charge is -2.39. The van der Waals surface area contributed by atoms with Crippen LogP contribution in [0.2, 0.25) is 0 Å². The van der Waals surface area contributed by atoms with Crippen molar-refractivity contribution in [3.63, 3.8) is 0 Å². The Bertz CT molecular complexity index is 262. The molecule has 0 spiro atoms. The van der Waals surface area contributed by atoms with Gasteiger partial charge in [-0.25, -0.2) is 0 Å². The second-order valence-corrected chi connectivity index (χ2v) is 5.75. The summed E-state index contributed by atoms with van der Waals surface area (Å²) in [6.45, 7) is 6.19. The molecule has 0 aromatic heterocycles. The van der Waals surface area contributed by atoms with Gasteiger partial charge in [0.15, 0.2) is 0 Å². The van der Waals surface area contributed by atoms with Gasteiger partial charge >= 0.3 is 5.97 Å². The molecule has 0 heterocycles. The molecule has 1 fully saturated rings. The number of carbonyl (C=O) groups excluding carboxylic acids is 1. The summed E-state index contributed by atoms with van der Waals surface area (Å²) in [5.74, 6) is -0.158. The molecule has 4 heteroatoms. The Hall–Kier alpha value is -0.610. The van der Waals surface area contributed by atoms with Crippen molar-refractivity contribution in [2.24, 2.45) is 0 Å². The summed E-state index contributed by atoms with van der Waals surface area (Å²) in [4.78, 5) is 11.8. The quantitative estimate of drug-likeness (QED) is 0.769. The topological polar surface area (TPSA) is 47.6 Å². The van der Waals surface area contributed by atoms with E-state index in [2.05, 4.69) is 26.1 Å². The van der Waals surface area contributed by atoms with Gasteiger partial charge in [-0.1, -0.05) is 0 Å². The van der Waals surface area contributed by atoms with E-state index in [0.717, 1.165) is 25.7 Å². The minimum Gasteiger partial charge on any atom is -0.468 e. The maximum absolute atomic E-state index is 11.8. The zero-order valence-corrected chi connectivity index (χ0v) is 11.6. The third-order valence-corrected chi connectivity index (χ3v) is 3.36. The summed E-state index contributed by atoms with van der Waals surface area (Å²) in [6.07, 6.45) is 3.59. The van der Waals surface area contributed by atoms with Gasteiger partial charge in [-0.15, -0.1) is 0 Å². The lowest BCUT2D eigenvalue weighted by Crippen LogP contribution is -2.54. The number of methoxy groups -OCH3 is 1. The molecule has 4 nitrogen and oxygen atoms in total. The summed E-state index contributed by atoms with van der Waals surface area (Å²) in [5, 5.41) is 3.12. The zero-order chi connectivity index (χ0) is 13.1. The van der Waals surface area contributed by atoms with Crippen molar-refractivity contribution in [1.82, 2.24) is 5.32 Å². The van der Waals surface area contributed by atoms with Crippen molar-refractivity contribution in [2.75, 3.05) is 14.2 Å². The van der Waals surface area contributed by atoms with Crippen molar-refractivity contribution in [3.05, 3.63) is 0 Å². The van der Waals surface area contributed by atoms with E-state index in [1.54, 1.807) is 0 Å². The van der Waals surface area contributed by atoms with Gasteiger partial charge in [0.05, 0.1) is 18.8 Å². The van der Waals surface area contributed by atoms with E-state index in [-0.39, 0.29) is 17.7 Å². The maximum atomic E-state index is 11.8. The van der Waals surface area contributed by atoms with Crippen LogP contribution in [0, 0.1) is 0 Å². The minimum absolute atomic E-state index is 0.116. The molecular weight excluding hydrogens is 218 g/mol. The van der Waals surface area contributed by atoms with Gasteiger partial charge in [0.25, 0.3) is 0 Å². The van der Waals surface area contributed by atoms with Crippen LogP contribution in [0.15, 0.2) is 0 Å². The molecule has 0 aromatic rings. The highest BCUT2D eigenvalue weighted by molar-refractivity contribution is 5.80. The van der Waals surface area contributed by atoms with E-state index in [1.165, 1.54) is 7.11 Å². The summed E-state index contributed by atoms with van der Waals surface area (Å²) < 4.78 is 10.8. The van der Waals surface area contributed by atoms with Crippen molar-refractivity contribution in [3.8, 4) is 0 Å². The van der Waals surface area contributed by atoms with Crippen LogP contribution in [-0.2, 0) is 14.3 Å². The average molecular weight is 243 g/mol. The molecular formula is C13H25NO3. The van der Waals surface area contributed by atoms with Crippen LogP contribution in [0.25, 0.3) is 0 Å². The highest BCUT2D eigenvalue weighted by Crippen LogP contribution is 2.32. The van der Waals surface area contributed by atoms with E-state index in [4.69, 9.17) is 9.47 Å². The molecule has 0 saturated heterocycles. The molecule has 0 amide bonds. The van der Waals surface area contributed by atoms with Crippen LogP contribution in [-0.4, -0.2) is 37.4 Å². The van der Waals surface area contributed by atoms with Gasteiger partial charge in [0.1, 0.15) is 5.54 Å². The van der Waals surface area contributed by atoms with Gasteiger partial charge in [0, 0.05) is 0 Å². The number of hydrogen-bond donors (Lipinski definition) is 1. The summed E-state index contributed by atoms with van der Waals surface area (Å²) in [5.41, 5.74) is -0.623. The Kier molecular flexibility index (Phi) is 4.55.